The fourth-order valence-electron chi connectivity index (χ4n) is 3.31. The predicted molar refractivity (Wildman–Crippen MR) is 94.3 cm³/mol. The smallest absolute Gasteiger partial charge is 0.243 e. The Morgan fingerprint density at radius 1 is 1.20 bits per heavy atom. The van der Waals surface area contributed by atoms with Crippen molar-refractivity contribution in [3.05, 3.63) is 69.5 Å². The summed E-state index contributed by atoms with van der Waals surface area (Å²) in [5, 5.41) is 15.5. The first-order chi connectivity index (χ1) is 12.0. The van der Waals surface area contributed by atoms with Crippen LogP contribution in [0.2, 0.25) is 5.02 Å². The molecule has 0 radical (unpaired) electrons. The molecule has 3 aromatic rings. The Kier molecular flexibility index (Phi) is 3.92. The zero-order chi connectivity index (χ0) is 17.6. The number of nitrogens with one attached hydrogen (secondary N) is 1. The van der Waals surface area contributed by atoms with Crippen molar-refractivity contribution >= 4 is 17.5 Å². The lowest BCUT2D eigenvalue weighted by atomic mass is 9.91. The van der Waals surface area contributed by atoms with E-state index in [4.69, 9.17) is 11.6 Å². The second-order valence-corrected chi connectivity index (χ2v) is 6.78. The van der Waals surface area contributed by atoms with Gasteiger partial charge in [-0.15, -0.1) is 0 Å². The Bertz CT molecular complexity index is 919. The molecule has 4 rings (SSSR count). The minimum atomic E-state index is -0.369. The van der Waals surface area contributed by atoms with E-state index in [0.717, 1.165) is 5.56 Å². The first-order valence-electron chi connectivity index (χ1n) is 8.10. The van der Waals surface area contributed by atoms with E-state index in [2.05, 4.69) is 52.9 Å². The molecule has 1 aliphatic heterocycles. The number of aromatic nitrogens is 4. The van der Waals surface area contributed by atoms with Gasteiger partial charge in [0.1, 0.15) is 5.82 Å². The van der Waals surface area contributed by atoms with Crippen molar-refractivity contribution in [1.82, 2.24) is 20.2 Å². The van der Waals surface area contributed by atoms with Crippen molar-refractivity contribution in [1.29, 1.82) is 0 Å². The maximum Gasteiger partial charge on any atom is 0.243 e. The molecule has 0 aliphatic carbocycles. The molecule has 2 aromatic carbocycles. The van der Waals surface area contributed by atoms with E-state index in [9.17, 15) is 4.39 Å². The van der Waals surface area contributed by atoms with Crippen LogP contribution in [0.15, 0.2) is 36.4 Å². The average Bonchev–Trinajstić information content (AvgIpc) is 3.05. The third kappa shape index (κ3) is 2.76. The third-order valence-electron chi connectivity index (χ3n) is 4.82. The first-order valence-corrected chi connectivity index (χ1v) is 8.48. The Balaban J connectivity index is 1.79. The van der Waals surface area contributed by atoms with Crippen LogP contribution in [0.4, 0.5) is 10.3 Å². The van der Waals surface area contributed by atoms with Gasteiger partial charge >= 0.3 is 0 Å². The normalized spacial score (nSPS) is 19.4. The van der Waals surface area contributed by atoms with Gasteiger partial charge in [-0.3, -0.25) is 0 Å². The molecule has 0 saturated carbocycles. The number of benzene rings is 2. The molecular formula is C18H17ClFN5. The van der Waals surface area contributed by atoms with E-state index >= 15 is 0 Å². The van der Waals surface area contributed by atoms with E-state index in [-0.39, 0.29) is 17.9 Å². The van der Waals surface area contributed by atoms with Crippen LogP contribution < -0.4 is 5.32 Å². The van der Waals surface area contributed by atoms with E-state index in [1.807, 2.05) is 0 Å². The molecule has 0 saturated heterocycles. The summed E-state index contributed by atoms with van der Waals surface area (Å²) >= 11 is 6.29. The summed E-state index contributed by atoms with van der Waals surface area (Å²) in [6, 6.07) is 10.6. The maximum absolute atomic E-state index is 14.5. The minimum absolute atomic E-state index is 0.0292. The topological polar surface area (TPSA) is 55.6 Å². The summed E-state index contributed by atoms with van der Waals surface area (Å²) < 4.78 is 16.1. The molecule has 2 heterocycles. The van der Waals surface area contributed by atoms with Gasteiger partial charge in [0.2, 0.25) is 5.95 Å². The highest BCUT2D eigenvalue weighted by atomic mass is 35.5. The quantitative estimate of drug-likeness (QED) is 0.745. The van der Waals surface area contributed by atoms with Gasteiger partial charge in [0.15, 0.2) is 0 Å². The number of fused-ring (bicyclic) bond motifs is 1. The second-order valence-electron chi connectivity index (χ2n) is 6.37. The Morgan fingerprint density at radius 3 is 2.80 bits per heavy atom. The van der Waals surface area contributed by atoms with Crippen molar-refractivity contribution < 1.29 is 4.39 Å². The van der Waals surface area contributed by atoms with Gasteiger partial charge in [-0.05, 0) is 59.5 Å². The third-order valence-corrected chi connectivity index (χ3v) is 5.15. The zero-order valence-electron chi connectivity index (χ0n) is 13.9. The van der Waals surface area contributed by atoms with Crippen LogP contribution in [0.3, 0.4) is 0 Å². The number of anilines is 1. The number of nitrogens with zero attached hydrogens (tertiary/aromatic N) is 4. The molecule has 0 unspecified atom stereocenters. The van der Waals surface area contributed by atoms with Crippen LogP contribution in [0.25, 0.3) is 0 Å². The Hall–Kier alpha value is -2.47. The molecule has 25 heavy (non-hydrogen) atoms. The van der Waals surface area contributed by atoms with Gasteiger partial charge in [0, 0.05) is 10.6 Å². The van der Waals surface area contributed by atoms with Gasteiger partial charge in [0.05, 0.1) is 12.1 Å². The summed E-state index contributed by atoms with van der Waals surface area (Å²) in [6.45, 7) is 4.16. The fraction of sp³-hybridized carbons (Fsp3) is 0.278. The minimum Gasteiger partial charge on any atom is -0.346 e. The molecule has 7 heteroatoms. The summed E-state index contributed by atoms with van der Waals surface area (Å²) in [6.07, 6.45) is 0.598. The van der Waals surface area contributed by atoms with Crippen LogP contribution in [-0.2, 0) is 0 Å². The number of hydrogen-bond acceptors (Lipinski definition) is 4. The van der Waals surface area contributed by atoms with Crippen molar-refractivity contribution in [2.24, 2.45) is 0 Å². The van der Waals surface area contributed by atoms with E-state index in [1.165, 1.54) is 17.2 Å². The van der Waals surface area contributed by atoms with Crippen LogP contribution in [0.5, 0.6) is 0 Å². The maximum atomic E-state index is 14.5. The van der Waals surface area contributed by atoms with Crippen molar-refractivity contribution in [2.45, 2.75) is 32.4 Å². The summed E-state index contributed by atoms with van der Waals surface area (Å²) in [5.41, 5.74) is 3.99. The van der Waals surface area contributed by atoms with E-state index in [1.54, 1.807) is 16.8 Å². The highest BCUT2D eigenvalue weighted by Gasteiger charge is 2.33. The molecule has 5 nitrogen and oxygen atoms in total. The van der Waals surface area contributed by atoms with Gasteiger partial charge < -0.3 is 5.32 Å². The molecule has 2 atom stereocenters. The van der Waals surface area contributed by atoms with Crippen LogP contribution >= 0.6 is 11.6 Å². The molecule has 128 valence electrons. The molecular weight excluding hydrogens is 341 g/mol. The number of halogens is 2. The second kappa shape index (κ2) is 6.11. The van der Waals surface area contributed by atoms with Crippen molar-refractivity contribution in [3.63, 3.8) is 0 Å². The van der Waals surface area contributed by atoms with Crippen LogP contribution in [0.1, 0.15) is 40.8 Å². The zero-order valence-corrected chi connectivity index (χ0v) is 14.6. The van der Waals surface area contributed by atoms with Crippen LogP contribution in [0, 0.1) is 19.7 Å². The Labute approximate surface area is 149 Å². The number of tetrazole rings is 1. The lowest BCUT2D eigenvalue weighted by Gasteiger charge is -2.31. The highest BCUT2D eigenvalue weighted by Crippen LogP contribution is 2.40. The standard InChI is InChI=1S/C18H17ClFN5/c1-10-6-7-12(8-11(10)2)15-9-16(25-18(21-15)22-23-24-25)17-13(19)4-3-5-14(17)20/h3-8,15-16H,9H2,1-2H3,(H,21,22,24)/t15-,16+/m0/s1. The largest absolute Gasteiger partial charge is 0.346 e. The lowest BCUT2D eigenvalue weighted by Crippen LogP contribution is -2.29. The summed E-state index contributed by atoms with van der Waals surface area (Å²) in [5.74, 6) is 0.165. The molecule has 1 N–H and O–H groups in total. The highest BCUT2D eigenvalue weighted by molar-refractivity contribution is 6.31. The van der Waals surface area contributed by atoms with Crippen LogP contribution in [-0.4, -0.2) is 20.2 Å². The van der Waals surface area contributed by atoms with Gasteiger partial charge in [-0.1, -0.05) is 41.0 Å². The average molecular weight is 358 g/mol. The first kappa shape index (κ1) is 16.0. The Morgan fingerprint density at radius 2 is 2.04 bits per heavy atom. The number of aryl methyl sites for hydroxylation is 2. The van der Waals surface area contributed by atoms with Crippen molar-refractivity contribution in [2.75, 3.05) is 5.32 Å². The van der Waals surface area contributed by atoms with E-state index in [0.29, 0.717) is 23.0 Å². The lowest BCUT2D eigenvalue weighted by molar-refractivity contribution is 0.409. The monoisotopic (exact) mass is 357 g/mol. The fourth-order valence-corrected chi connectivity index (χ4v) is 3.60. The molecule has 1 aliphatic rings. The molecule has 0 fully saturated rings. The van der Waals surface area contributed by atoms with E-state index < -0.39 is 0 Å². The molecule has 0 spiro atoms. The molecule has 1 aromatic heterocycles. The number of hydrogen-bond donors (Lipinski definition) is 1. The SMILES string of the molecule is Cc1ccc([C@@H]2C[C@H](c3c(F)cccc3Cl)n3nnnc3N2)cc1C. The van der Waals surface area contributed by atoms with Gasteiger partial charge in [-0.25, -0.2) is 9.07 Å². The van der Waals surface area contributed by atoms with Crippen molar-refractivity contribution in [3.8, 4) is 0 Å². The van der Waals surface area contributed by atoms with Gasteiger partial charge in [-0.2, -0.15) is 0 Å². The molecule has 0 bridgehead atoms. The number of rotatable bonds is 2. The molecule has 0 amide bonds. The van der Waals surface area contributed by atoms with Gasteiger partial charge in [0.25, 0.3) is 0 Å². The predicted octanol–water partition coefficient (Wildman–Crippen LogP) is 4.23. The summed E-state index contributed by atoms with van der Waals surface area (Å²) in [4.78, 5) is 0. The summed E-state index contributed by atoms with van der Waals surface area (Å²) in [7, 11) is 0.